The van der Waals surface area contributed by atoms with Crippen LogP contribution in [0.3, 0.4) is 0 Å². The topological polar surface area (TPSA) is 115 Å². The van der Waals surface area contributed by atoms with Gasteiger partial charge in [-0.3, -0.25) is 0 Å². The Kier molecular flexibility index (Phi) is 3.92. The predicted molar refractivity (Wildman–Crippen MR) is 69.0 cm³/mol. The molecule has 2 aliphatic rings. The molecule has 3 atom stereocenters. The molecule has 0 aliphatic carbocycles. The van der Waals surface area contributed by atoms with Crippen LogP contribution in [0.4, 0.5) is 4.79 Å². The van der Waals surface area contributed by atoms with Gasteiger partial charge in [-0.05, 0) is 6.42 Å². The minimum Gasteiger partial charge on any atom is -0.480 e. The molecule has 0 saturated carbocycles. The molecular formula is C11H18N2O6S. The predicted octanol–water partition coefficient (Wildman–Crippen LogP) is -1.25. The molecule has 2 amide bonds. The van der Waals surface area contributed by atoms with Crippen molar-refractivity contribution in [2.45, 2.75) is 31.0 Å². The van der Waals surface area contributed by atoms with E-state index in [9.17, 15) is 23.1 Å². The smallest absolute Gasteiger partial charge is 0.326 e. The highest BCUT2D eigenvalue weighted by Gasteiger charge is 2.42. The van der Waals surface area contributed by atoms with Gasteiger partial charge in [0.05, 0.1) is 17.6 Å². The van der Waals surface area contributed by atoms with Crippen LogP contribution in [-0.2, 0) is 14.6 Å². The number of carbonyl (C=O) groups excluding carboxylic acids is 1. The van der Waals surface area contributed by atoms with Gasteiger partial charge < -0.3 is 20.0 Å². The van der Waals surface area contributed by atoms with Crippen LogP contribution < -0.4 is 0 Å². The molecule has 8 nitrogen and oxygen atoms in total. The van der Waals surface area contributed by atoms with Gasteiger partial charge in [-0.25, -0.2) is 18.0 Å². The maximum Gasteiger partial charge on any atom is 0.326 e. The Morgan fingerprint density at radius 1 is 1.35 bits per heavy atom. The van der Waals surface area contributed by atoms with Gasteiger partial charge in [0, 0.05) is 26.1 Å². The maximum absolute atomic E-state index is 12.3. The van der Waals surface area contributed by atoms with Crippen LogP contribution in [0.2, 0.25) is 0 Å². The SMILES string of the molecule is CN(C(=O)N1C[C@H](O)C[C@@H]1C(=O)O)C1CCS(=O)(=O)C1. The van der Waals surface area contributed by atoms with Crippen molar-refractivity contribution in [3.8, 4) is 0 Å². The zero-order valence-corrected chi connectivity index (χ0v) is 11.9. The van der Waals surface area contributed by atoms with Crippen molar-refractivity contribution in [3.63, 3.8) is 0 Å². The molecule has 2 rings (SSSR count). The van der Waals surface area contributed by atoms with E-state index in [1.165, 1.54) is 11.9 Å². The van der Waals surface area contributed by atoms with E-state index in [4.69, 9.17) is 5.11 Å². The number of nitrogens with zero attached hydrogens (tertiary/aromatic N) is 2. The van der Waals surface area contributed by atoms with Gasteiger partial charge in [0.15, 0.2) is 9.84 Å². The number of β-amino-alcohol motifs (C(OH)–C–C–N with tert-alkyl or cyclic N) is 1. The van der Waals surface area contributed by atoms with Gasteiger partial charge >= 0.3 is 12.0 Å². The Morgan fingerprint density at radius 2 is 2.00 bits per heavy atom. The quantitative estimate of drug-likeness (QED) is 0.658. The molecule has 0 spiro atoms. The number of aliphatic hydroxyl groups is 1. The average molecular weight is 306 g/mol. The van der Waals surface area contributed by atoms with Gasteiger partial charge in [-0.15, -0.1) is 0 Å². The summed E-state index contributed by atoms with van der Waals surface area (Å²) in [7, 11) is -1.65. The van der Waals surface area contributed by atoms with Crippen LogP contribution in [0.15, 0.2) is 0 Å². The first-order valence-corrected chi connectivity index (χ1v) is 8.18. The fourth-order valence-corrected chi connectivity index (χ4v) is 4.47. The number of amides is 2. The lowest BCUT2D eigenvalue weighted by Gasteiger charge is -2.30. The van der Waals surface area contributed by atoms with Gasteiger partial charge in [-0.1, -0.05) is 0 Å². The molecule has 2 saturated heterocycles. The Balaban J connectivity index is 2.08. The number of aliphatic carboxylic acids is 1. The van der Waals surface area contributed by atoms with E-state index in [-0.39, 0.29) is 24.5 Å². The zero-order valence-electron chi connectivity index (χ0n) is 11.1. The molecule has 1 unspecified atom stereocenters. The van der Waals surface area contributed by atoms with Gasteiger partial charge in [0.1, 0.15) is 6.04 Å². The Hall–Kier alpha value is -1.35. The lowest BCUT2D eigenvalue weighted by molar-refractivity contribution is -0.141. The van der Waals surface area contributed by atoms with Gasteiger partial charge in [-0.2, -0.15) is 0 Å². The van der Waals surface area contributed by atoms with Crippen molar-refractivity contribution >= 4 is 21.8 Å². The Labute approximate surface area is 116 Å². The average Bonchev–Trinajstić information content (AvgIpc) is 2.90. The summed E-state index contributed by atoms with van der Waals surface area (Å²) in [5, 5.41) is 18.6. The molecule has 0 bridgehead atoms. The van der Waals surface area contributed by atoms with Crippen molar-refractivity contribution in [1.82, 2.24) is 9.80 Å². The molecule has 9 heteroatoms. The summed E-state index contributed by atoms with van der Waals surface area (Å²) in [5.74, 6) is -1.22. The lowest BCUT2D eigenvalue weighted by Crippen LogP contribution is -2.50. The van der Waals surface area contributed by atoms with E-state index in [0.29, 0.717) is 6.42 Å². The van der Waals surface area contributed by atoms with Crippen LogP contribution in [0.1, 0.15) is 12.8 Å². The van der Waals surface area contributed by atoms with Gasteiger partial charge in [0.25, 0.3) is 0 Å². The lowest BCUT2D eigenvalue weighted by atomic mass is 10.2. The molecule has 2 aliphatic heterocycles. The van der Waals surface area contributed by atoms with E-state index < -0.39 is 40.0 Å². The number of carboxylic acid groups (broad SMARTS) is 1. The molecule has 0 aromatic heterocycles. The largest absolute Gasteiger partial charge is 0.480 e. The maximum atomic E-state index is 12.3. The third-order valence-corrected chi connectivity index (χ3v) is 5.62. The van der Waals surface area contributed by atoms with Gasteiger partial charge in [0.2, 0.25) is 0 Å². The number of rotatable bonds is 2. The third-order valence-electron chi connectivity index (χ3n) is 3.87. The number of hydrogen-bond acceptors (Lipinski definition) is 5. The summed E-state index contributed by atoms with van der Waals surface area (Å²) >= 11 is 0. The highest BCUT2D eigenvalue weighted by atomic mass is 32.2. The van der Waals surface area contributed by atoms with Crippen LogP contribution in [-0.4, -0.2) is 83.7 Å². The highest BCUT2D eigenvalue weighted by molar-refractivity contribution is 7.91. The summed E-state index contributed by atoms with van der Waals surface area (Å²) in [6.45, 7) is -0.0421. The molecule has 20 heavy (non-hydrogen) atoms. The standard InChI is InChI=1S/C11H18N2O6S/c1-12(7-2-3-20(18,19)6-7)11(17)13-5-8(14)4-9(13)10(15)16/h7-9,14H,2-6H2,1H3,(H,15,16)/t7?,8-,9-/m1/s1. The van der Waals surface area contributed by atoms with E-state index in [1.807, 2.05) is 0 Å². The molecule has 0 radical (unpaired) electrons. The molecule has 0 aromatic carbocycles. The molecule has 2 heterocycles. The number of likely N-dealkylation sites (tertiary alicyclic amines) is 1. The van der Waals surface area contributed by atoms with Crippen molar-refractivity contribution in [2.24, 2.45) is 0 Å². The van der Waals surface area contributed by atoms with Crippen LogP contribution in [0, 0.1) is 0 Å². The first-order chi connectivity index (χ1) is 9.21. The Bertz CT molecular complexity index is 519. The fraction of sp³-hybridized carbons (Fsp3) is 0.818. The van der Waals surface area contributed by atoms with E-state index in [0.717, 1.165) is 4.90 Å². The van der Waals surface area contributed by atoms with Crippen molar-refractivity contribution in [1.29, 1.82) is 0 Å². The van der Waals surface area contributed by atoms with Crippen LogP contribution in [0.25, 0.3) is 0 Å². The third kappa shape index (κ3) is 2.88. The van der Waals surface area contributed by atoms with Crippen LogP contribution >= 0.6 is 0 Å². The molecule has 2 fully saturated rings. The number of urea groups is 1. The monoisotopic (exact) mass is 306 g/mol. The first kappa shape index (κ1) is 15.0. The highest BCUT2D eigenvalue weighted by Crippen LogP contribution is 2.23. The molecule has 0 aromatic rings. The van der Waals surface area contributed by atoms with Crippen molar-refractivity contribution in [2.75, 3.05) is 25.1 Å². The second-order valence-corrected chi connectivity index (χ2v) is 7.57. The molecule has 114 valence electrons. The summed E-state index contributed by atoms with van der Waals surface area (Å²) < 4.78 is 22.9. The van der Waals surface area contributed by atoms with E-state index >= 15 is 0 Å². The van der Waals surface area contributed by atoms with E-state index in [2.05, 4.69) is 0 Å². The zero-order chi connectivity index (χ0) is 15.1. The van der Waals surface area contributed by atoms with Crippen molar-refractivity contribution in [3.05, 3.63) is 0 Å². The number of aliphatic hydroxyl groups excluding tert-OH is 1. The molecule has 2 N–H and O–H groups in total. The van der Waals surface area contributed by atoms with Crippen molar-refractivity contribution < 1.29 is 28.2 Å². The number of hydrogen-bond donors (Lipinski definition) is 2. The fourth-order valence-electron chi connectivity index (χ4n) is 2.70. The number of sulfone groups is 1. The summed E-state index contributed by atoms with van der Waals surface area (Å²) in [6.07, 6.45) is -0.503. The second kappa shape index (κ2) is 5.21. The summed E-state index contributed by atoms with van der Waals surface area (Å²) in [5.41, 5.74) is 0. The minimum atomic E-state index is -3.12. The molecular weight excluding hydrogens is 288 g/mol. The number of carboxylic acids is 1. The van der Waals surface area contributed by atoms with Crippen LogP contribution in [0.5, 0.6) is 0 Å². The van der Waals surface area contributed by atoms with E-state index in [1.54, 1.807) is 0 Å². The Morgan fingerprint density at radius 3 is 2.50 bits per heavy atom. The first-order valence-electron chi connectivity index (χ1n) is 6.36. The minimum absolute atomic E-state index is 0.00210. The number of carbonyl (C=O) groups is 2. The normalized spacial score (nSPS) is 32.3. The summed E-state index contributed by atoms with van der Waals surface area (Å²) in [4.78, 5) is 25.7. The summed E-state index contributed by atoms with van der Waals surface area (Å²) in [6, 6.07) is -2.03. The second-order valence-electron chi connectivity index (χ2n) is 5.35.